The van der Waals surface area contributed by atoms with E-state index in [0.717, 1.165) is 22.1 Å². The largest absolute Gasteiger partial charge is 0.457 e. The summed E-state index contributed by atoms with van der Waals surface area (Å²) >= 11 is 0. The molecule has 7 nitrogen and oxygen atoms in total. The lowest BCUT2D eigenvalue weighted by atomic mass is 10.3. The number of nitrogens with zero attached hydrogens (tertiary/aromatic N) is 4. The lowest BCUT2D eigenvalue weighted by Gasteiger charge is -2.07. The number of benzene rings is 3. The number of hydrogen-bond acceptors (Lipinski definition) is 5. The highest BCUT2D eigenvalue weighted by Gasteiger charge is 2.12. The van der Waals surface area contributed by atoms with Gasteiger partial charge in [0.25, 0.3) is 0 Å². The molecule has 3 aromatic carbocycles. The van der Waals surface area contributed by atoms with Gasteiger partial charge < -0.3 is 19.6 Å². The van der Waals surface area contributed by atoms with Crippen molar-refractivity contribution in [3.05, 3.63) is 90.9 Å². The molecule has 6 rings (SSSR count). The number of imidazole rings is 2. The van der Waals surface area contributed by atoms with Gasteiger partial charge in [-0.2, -0.15) is 0 Å². The second-order valence-electron chi connectivity index (χ2n) is 7.83. The van der Waals surface area contributed by atoms with Crippen LogP contribution in [0.25, 0.3) is 33.6 Å². The summed E-state index contributed by atoms with van der Waals surface area (Å²) in [6.45, 7) is 0. The fourth-order valence-electron chi connectivity index (χ4n) is 3.85. The average molecular weight is 450 g/mol. The fraction of sp³-hybridized carbons (Fsp3) is 0.0385. The van der Waals surface area contributed by atoms with E-state index in [4.69, 9.17) is 4.74 Å². The van der Waals surface area contributed by atoms with Gasteiger partial charge in [-0.1, -0.05) is 24.3 Å². The van der Waals surface area contributed by atoms with Crippen molar-refractivity contribution in [2.75, 3.05) is 5.32 Å². The Bertz CT molecular complexity index is 1620. The summed E-state index contributed by atoms with van der Waals surface area (Å²) in [5.74, 6) is 2.13. The highest BCUT2D eigenvalue weighted by molar-refractivity contribution is 5.81. The predicted octanol–water partition coefficient (Wildman–Crippen LogP) is 6.19. The second kappa shape index (κ2) is 8.00. The number of anilines is 2. The Hall–Kier alpha value is -4.72. The topological polar surface area (TPSA) is 80.7 Å². The smallest absolute Gasteiger partial charge is 0.208 e. The molecule has 0 aliphatic rings. The van der Waals surface area contributed by atoms with Crippen LogP contribution in [-0.2, 0) is 7.05 Å². The molecule has 0 unspecified atom stereocenters. The summed E-state index contributed by atoms with van der Waals surface area (Å²) in [6.07, 6.45) is 1.69. The van der Waals surface area contributed by atoms with Crippen LogP contribution in [0.5, 0.6) is 11.5 Å². The normalized spacial score (nSPS) is 11.2. The predicted molar refractivity (Wildman–Crippen MR) is 130 cm³/mol. The first-order chi connectivity index (χ1) is 16.6. The quantitative estimate of drug-likeness (QED) is 0.327. The number of halogens is 1. The van der Waals surface area contributed by atoms with Crippen molar-refractivity contribution in [2.45, 2.75) is 0 Å². The molecule has 0 aliphatic heterocycles. The van der Waals surface area contributed by atoms with Gasteiger partial charge in [0.2, 0.25) is 5.95 Å². The molecule has 0 radical (unpaired) electrons. The number of pyridine rings is 1. The highest BCUT2D eigenvalue weighted by Crippen LogP contribution is 2.30. The maximum Gasteiger partial charge on any atom is 0.208 e. The second-order valence-corrected chi connectivity index (χ2v) is 7.83. The molecular formula is C26H19FN6O. The Balaban J connectivity index is 1.28. The number of rotatable bonds is 5. The third-order valence-electron chi connectivity index (χ3n) is 5.57. The molecule has 0 amide bonds. The number of nitrogens with one attached hydrogen (secondary N) is 2. The molecule has 0 saturated heterocycles. The van der Waals surface area contributed by atoms with E-state index >= 15 is 0 Å². The molecule has 3 heterocycles. The Morgan fingerprint density at radius 1 is 0.882 bits per heavy atom. The highest BCUT2D eigenvalue weighted by atomic mass is 19.1. The van der Waals surface area contributed by atoms with Gasteiger partial charge in [-0.3, -0.25) is 4.98 Å². The van der Waals surface area contributed by atoms with E-state index in [0.29, 0.717) is 34.7 Å². The molecule has 0 bridgehead atoms. The SMILES string of the molecule is Cn1c(Nc2ccccc2F)nc2cc(Oc3ccnc(-c4nc5ccccc5[nH]4)c3)ccc21. The van der Waals surface area contributed by atoms with Crippen molar-refractivity contribution in [1.29, 1.82) is 0 Å². The van der Waals surface area contributed by atoms with Gasteiger partial charge in [-0.15, -0.1) is 0 Å². The minimum atomic E-state index is -0.337. The molecule has 0 spiro atoms. The number of para-hydroxylation sites is 3. The number of aromatic nitrogens is 5. The summed E-state index contributed by atoms with van der Waals surface area (Å²) < 4.78 is 22.0. The molecule has 8 heteroatoms. The molecule has 0 atom stereocenters. The molecule has 166 valence electrons. The van der Waals surface area contributed by atoms with Crippen LogP contribution in [0.3, 0.4) is 0 Å². The molecule has 2 N–H and O–H groups in total. The van der Waals surface area contributed by atoms with Crippen LogP contribution in [0.4, 0.5) is 16.0 Å². The molecule has 34 heavy (non-hydrogen) atoms. The monoisotopic (exact) mass is 450 g/mol. The summed E-state index contributed by atoms with van der Waals surface area (Å²) in [7, 11) is 1.88. The summed E-state index contributed by atoms with van der Waals surface area (Å²) in [5.41, 5.74) is 4.50. The van der Waals surface area contributed by atoms with Crippen molar-refractivity contribution in [2.24, 2.45) is 7.05 Å². The van der Waals surface area contributed by atoms with Crippen molar-refractivity contribution in [3.8, 4) is 23.0 Å². The first-order valence-corrected chi connectivity index (χ1v) is 10.7. The first-order valence-electron chi connectivity index (χ1n) is 10.7. The van der Waals surface area contributed by atoms with E-state index in [9.17, 15) is 4.39 Å². The average Bonchev–Trinajstić information content (AvgIpc) is 3.42. The third kappa shape index (κ3) is 3.61. The van der Waals surface area contributed by atoms with E-state index in [2.05, 4.69) is 25.3 Å². The molecule has 0 fully saturated rings. The maximum absolute atomic E-state index is 14.1. The van der Waals surface area contributed by atoms with E-state index in [-0.39, 0.29) is 5.82 Å². The Kier molecular flexibility index (Phi) is 4.69. The van der Waals surface area contributed by atoms with Gasteiger partial charge >= 0.3 is 0 Å². The zero-order valence-corrected chi connectivity index (χ0v) is 18.2. The zero-order chi connectivity index (χ0) is 23.1. The van der Waals surface area contributed by atoms with Crippen molar-refractivity contribution in [3.63, 3.8) is 0 Å². The van der Waals surface area contributed by atoms with E-state index in [1.54, 1.807) is 30.5 Å². The Labute approximate surface area is 193 Å². The zero-order valence-electron chi connectivity index (χ0n) is 18.2. The lowest BCUT2D eigenvalue weighted by Crippen LogP contribution is -2.00. The number of ether oxygens (including phenoxy) is 1. The fourth-order valence-corrected chi connectivity index (χ4v) is 3.85. The molecule has 3 aromatic heterocycles. The minimum absolute atomic E-state index is 0.337. The maximum atomic E-state index is 14.1. The molecule has 0 saturated carbocycles. The first kappa shape index (κ1) is 19.9. The summed E-state index contributed by atoms with van der Waals surface area (Å²) in [5, 5.41) is 3.05. The Morgan fingerprint density at radius 3 is 2.59 bits per heavy atom. The van der Waals surface area contributed by atoms with Crippen LogP contribution < -0.4 is 10.1 Å². The molecule has 6 aromatic rings. The van der Waals surface area contributed by atoms with Crippen molar-refractivity contribution >= 4 is 33.7 Å². The minimum Gasteiger partial charge on any atom is -0.457 e. The van der Waals surface area contributed by atoms with Gasteiger partial charge in [-0.05, 0) is 42.5 Å². The van der Waals surface area contributed by atoms with Gasteiger partial charge in [0.15, 0.2) is 5.82 Å². The van der Waals surface area contributed by atoms with Crippen LogP contribution in [0, 0.1) is 5.82 Å². The standard InChI is InChI=1S/C26H19FN6O/c1-33-24-11-10-16(14-22(24)32-26(33)31-19-7-3-2-6-18(19)27)34-17-12-13-28-23(15-17)25-29-20-8-4-5-9-21(20)30-25/h2-15H,1H3,(H,29,30)(H,31,32). The summed E-state index contributed by atoms with van der Waals surface area (Å²) in [6, 6.07) is 23.6. The van der Waals surface area contributed by atoms with Gasteiger partial charge in [0.1, 0.15) is 23.0 Å². The third-order valence-corrected chi connectivity index (χ3v) is 5.57. The van der Waals surface area contributed by atoms with Crippen LogP contribution in [0.2, 0.25) is 0 Å². The van der Waals surface area contributed by atoms with Crippen LogP contribution in [0.15, 0.2) is 85.1 Å². The van der Waals surface area contributed by atoms with E-state index in [1.165, 1.54) is 6.07 Å². The number of hydrogen-bond donors (Lipinski definition) is 2. The van der Waals surface area contributed by atoms with Crippen LogP contribution in [-0.4, -0.2) is 24.5 Å². The number of fused-ring (bicyclic) bond motifs is 2. The van der Waals surface area contributed by atoms with Crippen LogP contribution in [0.1, 0.15) is 0 Å². The lowest BCUT2D eigenvalue weighted by molar-refractivity contribution is 0.483. The van der Waals surface area contributed by atoms with Gasteiger partial charge in [0, 0.05) is 25.4 Å². The number of aromatic amines is 1. The number of aryl methyl sites for hydroxylation is 1. The molecular weight excluding hydrogens is 431 g/mol. The number of H-pyrrole nitrogens is 1. The van der Waals surface area contributed by atoms with E-state index in [1.807, 2.05) is 60.1 Å². The van der Waals surface area contributed by atoms with Gasteiger partial charge in [0.05, 0.1) is 27.8 Å². The molecule has 0 aliphatic carbocycles. The van der Waals surface area contributed by atoms with Crippen molar-refractivity contribution in [1.82, 2.24) is 24.5 Å². The van der Waals surface area contributed by atoms with Crippen molar-refractivity contribution < 1.29 is 9.13 Å². The van der Waals surface area contributed by atoms with Crippen LogP contribution >= 0.6 is 0 Å². The van der Waals surface area contributed by atoms with Gasteiger partial charge in [-0.25, -0.2) is 14.4 Å². The Morgan fingerprint density at radius 2 is 1.71 bits per heavy atom. The summed E-state index contributed by atoms with van der Waals surface area (Å²) in [4.78, 5) is 16.9. The van der Waals surface area contributed by atoms with E-state index < -0.39 is 0 Å².